The van der Waals surface area contributed by atoms with Crippen molar-refractivity contribution in [2.24, 2.45) is 0 Å². The van der Waals surface area contributed by atoms with E-state index in [2.05, 4.69) is 26.7 Å². The summed E-state index contributed by atoms with van der Waals surface area (Å²) < 4.78 is 4.93. The van der Waals surface area contributed by atoms with Crippen LogP contribution in [0.25, 0.3) is 17.0 Å². The number of aromatic nitrogens is 6. The van der Waals surface area contributed by atoms with Crippen LogP contribution in [-0.4, -0.2) is 40.6 Å². The lowest BCUT2D eigenvalue weighted by atomic mass is 10.1. The number of carbonyl (C=O) groups is 1. The zero-order valence-electron chi connectivity index (χ0n) is 20.0. The molecule has 0 fully saturated rings. The van der Waals surface area contributed by atoms with Crippen LogP contribution in [0.5, 0.6) is 0 Å². The second-order valence-corrected chi connectivity index (χ2v) is 9.27. The van der Waals surface area contributed by atoms with Gasteiger partial charge in [0.15, 0.2) is 16.6 Å². The summed E-state index contributed by atoms with van der Waals surface area (Å²) in [5, 5.41) is 16.7. The number of carbonyl (C=O) groups excluding carboxylic acids is 1. The highest BCUT2D eigenvalue weighted by Crippen LogP contribution is 2.25. The zero-order chi connectivity index (χ0) is 25.1. The molecule has 36 heavy (non-hydrogen) atoms. The molecule has 1 N–H and O–H groups in total. The first kappa shape index (κ1) is 23.6. The van der Waals surface area contributed by atoms with Crippen molar-refractivity contribution in [3.63, 3.8) is 0 Å². The number of anilines is 1. The summed E-state index contributed by atoms with van der Waals surface area (Å²) in [5.41, 5.74) is 4.06. The van der Waals surface area contributed by atoms with Gasteiger partial charge in [-0.3, -0.25) is 9.20 Å². The fourth-order valence-corrected chi connectivity index (χ4v) is 4.80. The predicted molar refractivity (Wildman–Crippen MR) is 140 cm³/mol. The second kappa shape index (κ2) is 10.2. The number of fused-ring (bicyclic) bond motifs is 1. The number of amides is 1. The molecule has 0 saturated carbocycles. The fraction of sp³-hybridized carbons (Fsp3) is 0.192. The summed E-state index contributed by atoms with van der Waals surface area (Å²) in [6, 6.07) is 21.0. The van der Waals surface area contributed by atoms with E-state index >= 15 is 0 Å². The molecule has 0 spiro atoms. The van der Waals surface area contributed by atoms with Gasteiger partial charge < -0.3 is 9.88 Å². The minimum absolute atomic E-state index is 0.148. The Morgan fingerprint density at radius 2 is 1.89 bits per heavy atom. The molecule has 5 aromatic rings. The van der Waals surface area contributed by atoms with Gasteiger partial charge in [-0.25, -0.2) is 9.48 Å². The lowest BCUT2D eigenvalue weighted by molar-refractivity contribution is -0.113. The molecule has 182 valence electrons. The molecule has 0 aliphatic heterocycles. The molecule has 0 unspecified atom stereocenters. The van der Waals surface area contributed by atoms with Gasteiger partial charge in [0.25, 0.3) is 0 Å². The summed E-state index contributed by atoms with van der Waals surface area (Å²) in [6.07, 6.45) is 1.69. The van der Waals surface area contributed by atoms with Gasteiger partial charge in [-0.1, -0.05) is 53.7 Å². The van der Waals surface area contributed by atoms with Crippen molar-refractivity contribution >= 4 is 29.0 Å². The Kier molecular flexibility index (Phi) is 6.68. The van der Waals surface area contributed by atoms with E-state index in [-0.39, 0.29) is 17.3 Å². The van der Waals surface area contributed by atoms with Crippen molar-refractivity contribution in [3.05, 3.63) is 94.5 Å². The average molecular weight is 500 g/mol. The highest BCUT2D eigenvalue weighted by molar-refractivity contribution is 7.99. The Morgan fingerprint density at radius 1 is 1.03 bits per heavy atom. The largest absolute Gasteiger partial charge is 0.350 e. The molecule has 0 aliphatic rings. The Labute approximate surface area is 211 Å². The molecule has 0 radical (unpaired) electrons. The maximum Gasteiger partial charge on any atom is 0.350 e. The smallest absolute Gasteiger partial charge is 0.325 e. The summed E-state index contributed by atoms with van der Waals surface area (Å²) in [4.78, 5) is 25.2. The molecular weight excluding hydrogens is 474 g/mol. The first-order chi connectivity index (χ1) is 17.5. The molecule has 9 nitrogen and oxygen atoms in total. The Balaban J connectivity index is 1.24. The molecule has 3 aromatic heterocycles. The lowest BCUT2D eigenvalue weighted by Crippen LogP contribution is -2.21. The molecule has 10 heteroatoms. The first-order valence-corrected chi connectivity index (χ1v) is 12.6. The number of pyridine rings is 1. The fourth-order valence-electron chi connectivity index (χ4n) is 4.00. The van der Waals surface area contributed by atoms with Crippen LogP contribution in [-0.2, 0) is 17.9 Å². The number of benzene rings is 2. The maximum absolute atomic E-state index is 12.7. The Morgan fingerprint density at radius 3 is 2.69 bits per heavy atom. The molecule has 3 heterocycles. The molecule has 0 bridgehead atoms. The highest BCUT2D eigenvalue weighted by Gasteiger charge is 2.15. The van der Waals surface area contributed by atoms with Crippen molar-refractivity contribution in [2.75, 3.05) is 11.1 Å². The molecule has 2 aromatic carbocycles. The van der Waals surface area contributed by atoms with Crippen molar-refractivity contribution in [2.45, 2.75) is 32.1 Å². The monoisotopic (exact) mass is 499 g/mol. The maximum atomic E-state index is 12.7. The van der Waals surface area contributed by atoms with Gasteiger partial charge in [0.1, 0.15) is 0 Å². The van der Waals surface area contributed by atoms with Gasteiger partial charge in [-0.15, -0.1) is 15.3 Å². The van der Waals surface area contributed by atoms with E-state index in [9.17, 15) is 9.59 Å². The van der Waals surface area contributed by atoms with Gasteiger partial charge in [0, 0.05) is 24.0 Å². The summed E-state index contributed by atoms with van der Waals surface area (Å²) >= 11 is 1.35. The SMILES string of the molecule is CCn1c(SCC(=O)Nc2cccc(Cn3nc4ccccn4c3=O)c2)nnc1-c1cccc(C)c1. The van der Waals surface area contributed by atoms with Gasteiger partial charge in [0.2, 0.25) is 5.91 Å². The van der Waals surface area contributed by atoms with Gasteiger partial charge >= 0.3 is 5.69 Å². The van der Waals surface area contributed by atoms with Crippen LogP contribution in [0, 0.1) is 6.92 Å². The Hall–Kier alpha value is -4.18. The molecular formula is C26H25N7O2S. The predicted octanol–water partition coefficient (Wildman–Crippen LogP) is 3.86. The van der Waals surface area contributed by atoms with Crippen LogP contribution in [0.15, 0.2) is 82.9 Å². The van der Waals surface area contributed by atoms with E-state index in [1.165, 1.54) is 20.8 Å². The second-order valence-electron chi connectivity index (χ2n) is 8.33. The van der Waals surface area contributed by atoms with E-state index < -0.39 is 0 Å². The van der Waals surface area contributed by atoms with E-state index in [4.69, 9.17) is 0 Å². The topological polar surface area (TPSA) is 99.1 Å². The van der Waals surface area contributed by atoms with Gasteiger partial charge in [-0.05, 0) is 49.7 Å². The number of hydrogen-bond donors (Lipinski definition) is 1. The van der Waals surface area contributed by atoms with Crippen molar-refractivity contribution in [3.8, 4) is 11.4 Å². The minimum atomic E-state index is -0.207. The molecule has 0 saturated heterocycles. The van der Waals surface area contributed by atoms with Crippen LogP contribution >= 0.6 is 11.8 Å². The third-order valence-electron chi connectivity index (χ3n) is 5.67. The van der Waals surface area contributed by atoms with Crippen LogP contribution in [0.2, 0.25) is 0 Å². The van der Waals surface area contributed by atoms with Crippen molar-refractivity contribution in [1.29, 1.82) is 0 Å². The third-order valence-corrected chi connectivity index (χ3v) is 6.64. The molecule has 0 aliphatic carbocycles. The van der Waals surface area contributed by atoms with Crippen LogP contribution in [0.3, 0.4) is 0 Å². The van der Waals surface area contributed by atoms with Crippen LogP contribution in [0.1, 0.15) is 18.1 Å². The number of aryl methyl sites for hydroxylation is 1. The first-order valence-electron chi connectivity index (χ1n) is 11.6. The standard InChI is InChI=1S/C26H25N7O2S/c1-3-31-24(20-10-6-8-18(2)14-20)28-29-25(31)36-17-23(34)27-21-11-7-9-19(15-21)16-33-26(35)32-13-5-4-12-22(32)30-33/h4-15H,3,16-17H2,1-2H3,(H,27,34). The summed E-state index contributed by atoms with van der Waals surface area (Å²) in [5.74, 6) is 0.839. The molecule has 5 rings (SSSR count). The van der Waals surface area contributed by atoms with Crippen molar-refractivity contribution < 1.29 is 4.79 Å². The van der Waals surface area contributed by atoms with Crippen LogP contribution in [0.4, 0.5) is 5.69 Å². The number of rotatable bonds is 8. The number of nitrogens with zero attached hydrogens (tertiary/aromatic N) is 6. The molecule has 0 atom stereocenters. The quantitative estimate of drug-likeness (QED) is 0.326. The van der Waals surface area contributed by atoms with E-state index in [0.29, 0.717) is 29.6 Å². The molecule has 1 amide bonds. The van der Waals surface area contributed by atoms with Crippen molar-refractivity contribution in [1.82, 2.24) is 28.9 Å². The van der Waals surface area contributed by atoms with E-state index in [1.54, 1.807) is 18.3 Å². The summed E-state index contributed by atoms with van der Waals surface area (Å²) in [6.45, 7) is 5.08. The highest BCUT2D eigenvalue weighted by atomic mass is 32.2. The Bertz CT molecular complexity index is 1600. The van der Waals surface area contributed by atoms with Crippen LogP contribution < -0.4 is 11.0 Å². The third kappa shape index (κ3) is 4.94. The number of nitrogens with one attached hydrogen (secondary N) is 1. The van der Waals surface area contributed by atoms with Gasteiger partial charge in [-0.2, -0.15) is 0 Å². The van der Waals surface area contributed by atoms with Gasteiger partial charge in [0.05, 0.1) is 12.3 Å². The normalized spacial score (nSPS) is 11.2. The van der Waals surface area contributed by atoms with E-state index in [0.717, 1.165) is 22.5 Å². The summed E-state index contributed by atoms with van der Waals surface area (Å²) in [7, 11) is 0. The number of hydrogen-bond acceptors (Lipinski definition) is 6. The lowest BCUT2D eigenvalue weighted by Gasteiger charge is -2.09. The zero-order valence-corrected chi connectivity index (χ0v) is 20.8. The average Bonchev–Trinajstić information content (AvgIpc) is 3.43. The minimum Gasteiger partial charge on any atom is -0.325 e. The van der Waals surface area contributed by atoms with E-state index in [1.807, 2.05) is 66.9 Å². The number of thioether (sulfide) groups is 1.